The number of benzene rings is 2. The number of fused-ring (bicyclic) bond motifs is 1. The van der Waals surface area contributed by atoms with Crippen molar-refractivity contribution in [2.24, 2.45) is 0 Å². The lowest BCUT2D eigenvalue weighted by atomic mass is 10.1. The van der Waals surface area contributed by atoms with E-state index in [0.29, 0.717) is 11.1 Å². The zero-order chi connectivity index (χ0) is 22.0. The summed E-state index contributed by atoms with van der Waals surface area (Å²) in [6, 6.07) is 18.0. The van der Waals surface area contributed by atoms with Gasteiger partial charge < -0.3 is 9.72 Å². The van der Waals surface area contributed by atoms with E-state index in [1.807, 2.05) is 6.07 Å². The lowest BCUT2D eigenvalue weighted by Gasteiger charge is -2.09. The summed E-state index contributed by atoms with van der Waals surface area (Å²) in [7, 11) is -4.01. The molecule has 0 saturated heterocycles. The SMILES string of the molecule is CCOC(=O)Nc1cc(=O)n2cc(-c3ccccc3)c(S(=O)(=O)c3ccccc3)c2[nH]1. The van der Waals surface area contributed by atoms with E-state index in [1.165, 1.54) is 22.7 Å². The summed E-state index contributed by atoms with van der Waals surface area (Å²) >= 11 is 0. The maximum Gasteiger partial charge on any atom is 0.412 e. The number of carbonyl (C=O) groups excluding carboxylic acids is 1. The van der Waals surface area contributed by atoms with Gasteiger partial charge in [-0.1, -0.05) is 48.5 Å². The van der Waals surface area contributed by atoms with E-state index in [9.17, 15) is 18.0 Å². The Morgan fingerprint density at radius 2 is 1.71 bits per heavy atom. The molecular weight excluding hydrogens is 418 g/mol. The lowest BCUT2D eigenvalue weighted by Crippen LogP contribution is -2.19. The number of aromatic nitrogens is 2. The highest BCUT2D eigenvalue weighted by atomic mass is 32.2. The molecule has 0 aliphatic carbocycles. The van der Waals surface area contributed by atoms with E-state index < -0.39 is 21.5 Å². The number of amides is 1. The van der Waals surface area contributed by atoms with Gasteiger partial charge in [0.15, 0.2) is 0 Å². The predicted octanol–water partition coefficient (Wildman–Crippen LogP) is 3.70. The second-order valence-electron chi connectivity index (χ2n) is 6.64. The molecule has 0 saturated carbocycles. The van der Waals surface area contributed by atoms with Crippen LogP contribution in [0.3, 0.4) is 0 Å². The predicted molar refractivity (Wildman–Crippen MR) is 116 cm³/mol. The summed E-state index contributed by atoms with van der Waals surface area (Å²) < 4.78 is 33.3. The molecule has 4 rings (SSSR count). The number of nitrogens with one attached hydrogen (secondary N) is 2. The van der Waals surface area contributed by atoms with Gasteiger partial charge in [-0.25, -0.2) is 13.2 Å². The van der Waals surface area contributed by atoms with Crippen LogP contribution in [0.4, 0.5) is 10.6 Å². The fourth-order valence-electron chi connectivity index (χ4n) is 3.29. The van der Waals surface area contributed by atoms with Crippen molar-refractivity contribution in [3.63, 3.8) is 0 Å². The number of ether oxygens (including phenoxy) is 1. The van der Waals surface area contributed by atoms with Crippen molar-refractivity contribution >= 4 is 27.4 Å². The summed E-state index contributed by atoms with van der Waals surface area (Å²) in [6.07, 6.45) is 0.720. The van der Waals surface area contributed by atoms with Crippen molar-refractivity contribution in [3.8, 4) is 11.1 Å². The topological polar surface area (TPSA) is 110 Å². The van der Waals surface area contributed by atoms with Gasteiger partial charge in [0.1, 0.15) is 16.4 Å². The van der Waals surface area contributed by atoms with Gasteiger partial charge in [-0.05, 0) is 24.6 Å². The van der Waals surface area contributed by atoms with Crippen LogP contribution < -0.4 is 10.9 Å². The van der Waals surface area contributed by atoms with Gasteiger partial charge in [0.25, 0.3) is 5.56 Å². The lowest BCUT2D eigenvalue weighted by molar-refractivity contribution is 0.168. The van der Waals surface area contributed by atoms with Crippen molar-refractivity contribution < 1.29 is 17.9 Å². The Hall–Kier alpha value is -3.85. The Balaban J connectivity index is 2.02. The highest BCUT2D eigenvalue weighted by Gasteiger charge is 2.28. The molecule has 0 spiro atoms. The summed E-state index contributed by atoms with van der Waals surface area (Å²) in [5.41, 5.74) is 0.536. The molecule has 0 atom stereocenters. The van der Waals surface area contributed by atoms with Crippen molar-refractivity contribution in [3.05, 3.63) is 83.3 Å². The molecule has 0 bridgehead atoms. The molecule has 0 radical (unpaired) electrons. The summed E-state index contributed by atoms with van der Waals surface area (Å²) in [6.45, 7) is 1.80. The van der Waals surface area contributed by atoms with E-state index in [1.54, 1.807) is 49.4 Å². The molecule has 2 aromatic carbocycles. The van der Waals surface area contributed by atoms with Crippen LogP contribution in [-0.4, -0.2) is 30.5 Å². The standard InChI is InChI=1S/C22H19N3O5S/c1-2-30-22(27)24-18-13-19(26)25-14-17(15-9-5-3-6-10-15)20(21(25)23-18)31(28,29)16-11-7-4-8-12-16/h3-14,23H,2H2,1H3,(H,24,27). The minimum atomic E-state index is -4.01. The van der Waals surface area contributed by atoms with Crippen LogP contribution in [-0.2, 0) is 14.6 Å². The summed E-state index contributed by atoms with van der Waals surface area (Å²) in [4.78, 5) is 27.5. The van der Waals surface area contributed by atoms with E-state index >= 15 is 0 Å². The van der Waals surface area contributed by atoms with Gasteiger partial charge in [0.2, 0.25) is 9.84 Å². The normalized spacial score (nSPS) is 11.4. The van der Waals surface area contributed by atoms with Crippen molar-refractivity contribution in [2.45, 2.75) is 16.7 Å². The van der Waals surface area contributed by atoms with Crippen LogP contribution >= 0.6 is 0 Å². The monoisotopic (exact) mass is 437 g/mol. The second-order valence-corrected chi connectivity index (χ2v) is 8.53. The Bertz CT molecular complexity index is 1410. The highest BCUT2D eigenvalue weighted by Crippen LogP contribution is 2.35. The van der Waals surface area contributed by atoms with E-state index in [0.717, 1.165) is 6.07 Å². The van der Waals surface area contributed by atoms with Crippen LogP contribution in [0, 0.1) is 0 Å². The number of hydrogen-bond acceptors (Lipinski definition) is 5. The molecule has 0 aliphatic heterocycles. The minimum Gasteiger partial charge on any atom is -0.450 e. The van der Waals surface area contributed by atoms with Crippen molar-refractivity contribution in [2.75, 3.05) is 11.9 Å². The maximum absolute atomic E-state index is 13.6. The third-order valence-corrected chi connectivity index (χ3v) is 6.48. The van der Waals surface area contributed by atoms with Gasteiger partial charge in [-0.2, -0.15) is 0 Å². The number of anilines is 1. The molecule has 2 aromatic heterocycles. The third-order valence-electron chi connectivity index (χ3n) is 4.64. The second kappa shape index (κ2) is 8.11. The highest BCUT2D eigenvalue weighted by molar-refractivity contribution is 7.91. The first-order valence-electron chi connectivity index (χ1n) is 9.49. The average Bonchev–Trinajstić information content (AvgIpc) is 3.16. The van der Waals surface area contributed by atoms with Crippen LogP contribution in [0.1, 0.15) is 6.92 Å². The van der Waals surface area contributed by atoms with Crippen molar-refractivity contribution in [1.29, 1.82) is 0 Å². The largest absolute Gasteiger partial charge is 0.450 e. The van der Waals surface area contributed by atoms with Crippen LogP contribution in [0.15, 0.2) is 87.5 Å². The number of nitrogens with zero attached hydrogens (tertiary/aromatic N) is 1. The zero-order valence-electron chi connectivity index (χ0n) is 16.5. The smallest absolute Gasteiger partial charge is 0.412 e. The number of sulfone groups is 1. The molecule has 0 unspecified atom stereocenters. The maximum atomic E-state index is 13.6. The van der Waals surface area contributed by atoms with Crippen LogP contribution in [0.2, 0.25) is 0 Å². The summed E-state index contributed by atoms with van der Waals surface area (Å²) in [5.74, 6) is 0.0261. The fourth-order valence-corrected chi connectivity index (χ4v) is 4.91. The van der Waals surface area contributed by atoms with E-state index in [4.69, 9.17) is 4.74 Å². The average molecular weight is 437 g/mol. The number of H-pyrrole nitrogens is 1. The molecule has 9 heteroatoms. The molecule has 31 heavy (non-hydrogen) atoms. The van der Waals surface area contributed by atoms with Crippen LogP contribution in [0.25, 0.3) is 16.8 Å². The Morgan fingerprint density at radius 1 is 1.06 bits per heavy atom. The van der Waals surface area contributed by atoms with E-state index in [2.05, 4.69) is 10.3 Å². The molecule has 158 valence electrons. The first-order valence-corrected chi connectivity index (χ1v) is 11.0. The number of aromatic amines is 1. The molecule has 2 heterocycles. The molecular formula is C22H19N3O5S. The first-order chi connectivity index (χ1) is 14.9. The molecule has 0 fully saturated rings. The van der Waals surface area contributed by atoms with E-state index in [-0.39, 0.29) is 27.9 Å². The quantitative estimate of drug-likeness (QED) is 0.495. The Kier molecular flexibility index (Phi) is 5.35. The van der Waals surface area contributed by atoms with Gasteiger partial charge >= 0.3 is 6.09 Å². The first kappa shape index (κ1) is 20.4. The number of hydrogen-bond donors (Lipinski definition) is 2. The van der Waals surface area contributed by atoms with Crippen molar-refractivity contribution in [1.82, 2.24) is 9.38 Å². The van der Waals surface area contributed by atoms with Gasteiger partial charge in [-0.15, -0.1) is 0 Å². The molecule has 4 aromatic rings. The molecule has 1 amide bonds. The molecule has 2 N–H and O–H groups in total. The minimum absolute atomic E-state index is 0.0261. The van der Waals surface area contributed by atoms with Crippen LogP contribution in [0.5, 0.6) is 0 Å². The zero-order valence-corrected chi connectivity index (χ0v) is 17.3. The third kappa shape index (κ3) is 3.82. The molecule has 8 nitrogen and oxygen atoms in total. The van der Waals surface area contributed by atoms with Gasteiger partial charge in [-0.3, -0.25) is 14.5 Å². The fraction of sp³-hybridized carbons (Fsp3) is 0.0909. The van der Waals surface area contributed by atoms with Gasteiger partial charge in [0.05, 0.1) is 11.5 Å². The Morgan fingerprint density at radius 3 is 2.35 bits per heavy atom. The Labute approximate surface area is 178 Å². The summed E-state index contributed by atoms with van der Waals surface area (Å²) in [5, 5.41) is 2.42. The number of carbonyl (C=O) groups is 1. The van der Waals surface area contributed by atoms with Gasteiger partial charge in [0, 0.05) is 17.8 Å². The number of rotatable bonds is 5. The molecule has 0 aliphatic rings.